The van der Waals surface area contributed by atoms with Crippen molar-refractivity contribution >= 4 is 50.2 Å². The highest BCUT2D eigenvalue weighted by Crippen LogP contribution is 2.38. The molecule has 0 amide bonds. The zero-order chi connectivity index (χ0) is 31.5. The minimum Gasteiger partial charge on any atom is -0.456 e. The van der Waals surface area contributed by atoms with Crippen LogP contribution in [0.2, 0.25) is 0 Å². The van der Waals surface area contributed by atoms with Gasteiger partial charge in [-0.15, -0.1) is 0 Å². The third-order valence-electron chi connectivity index (χ3n) is 8.79. The minimum absolute atomic E-state index is 0.207. The van der Waals surface area contributed by atoms with Gasteiger partial charge in [0.2, 0.25) is 0 Å². The molecule has 0 aliphatic heterocycles. The number of nitrogens with one attached hydrogen (secondary N) is 2. The maximum absolute atomic E-state index is 8.61. The van der Waals surface area contributed by atoms with Gasteiger partial charge in [0.05, 0.1) is 11.4 Å². The van der Waals surface area contributed by atoms with Crippen molar-refractivity contribution in [2.75, 3.05) is 0 Å². The Morgan fingerprint density at radius 1 is 0.489 bits per heavy atom. The maximum Gasteiger partial charge on any atom is 0.164 e. The Hall–Kier alpha value is -6.53. The normalized spacial score (nSPS) is 12.7. The highest BCUT2D eigenvalue weighted by Gasteiger charge is 2.21. The number of fused-ring (bicyclic) bond motifs is 6. The van der Waals surface area contributed by atoms with Gasteiger partial charge in [0.1, 0.15) is 11.2 Å². The van der Waals surface area contributed by atoms with Gasteiger partial charge in [-0.05, 0) is 51.7 Å². The molecule has 0 saturated heterocycles. The molecule has 8 aromatic rings. The molecule has 0 spiro atoms. The monoisotopic (exact) mass is 603 g/mol. The Morgan fingerprint density at radius 3 is 2.06 bits per heavy atom. The quantitative estimate of drug-likeness (QED) is 0.209. The van der Waals surface area contributed by atoms with Crippen molar-refractivity contribution in [1.29, 1.82) is 10.8 Å². The van der Waals surface area contributed by atoms with Crippen molar-refractivity contribution in [3.8, 4) is 45.3 Å². The number of hydrogen-bond acceptors (Lipinski definition) is 6. The van der Waals surface area contributed by atoms with E-state index in [9.17, 15) is 0 Å². The topological polar surface area (TPSA) is 99.5 Å². The van der Waals surface area contributed by atoms with E-state index < -0.39 is 0 Å². The van der Waals surface area contributed by atoms with E-state index in [4.69, 9.17) is 30.2 Å². The second-order valence-corrected chi connectivity index (χ2v) is 11.6. The summed E-state index contributed by atoms with van der Waals surface area (Å²) in [7, 11) is 0. The maximum atomic E-state index is 8.61. The molecule has 0 radical (unpaired) electrons. The molecule has 6 heteroatoms. The van der Waals surface area contributed by atoms with Crippen molar-refractivity contribution in [2.45, 2.75) is 0 Å². The molecule has 0 unspecified atom stereocenters. The number of nitrogens with zero attached hydrogens (tertiary/aromatic N) is 3. The molecule has 2 N–H and O–H groups in total. The summed E-state index contributed by atoms with van der Waals surface area (Å²) in [5.74, 6) is 1.66. The number of allylic oxidation sites excluding steroid dienone is 1. The molecule has 1 aliphatic carbocycles. The first-order valence-electron chi connectivity index (χ1n) is 15.4. The smallest absolute Gasteiger partial charge is 0.164 e. The lowest BCUT2D eigenvalue weighted by atomic mass is 9.89. The van der Waals surface area contributed by atoms with Gasteiger partial charge < -0.3 is 4.42 Å². The Morgan fingerprint density at radius 2 is 1.19 bits per heavy atom. The van der Waals surface area contributed by atoms with E-state index in [-0.39, 0.29) is 11.4 Å². The zero-order valence-electron chi connectivity index (χ0n) is 25.0. The van der Waals surface area contributed by atoms with E-state index in [2.05, 4.69) is 42.5 Å². The molecule has 6 aromatic carbocycles. The van der Waals surface area contributed by atoms with Crippen LogP contribution in [0.3, 0.4) is 0 Å². The van der Waals surface area contributed by atoms with Crippen molar-refractivity contribution in [1.82, 2.24) is 15.0 Å². The third kappa shape index (κ3) is 4.38. The molecule has 2 heterocycles. The van der Waals surface area contributed by atoms with Crippen LogP contribution in [0, 0.1) is 10.8 Å². The van der Waals surface area contributed by atoms with E-state index in [0.717, 1.165) is 71.7 Å². The first-order valence-corrected chi connectivity index (χ1v) is 15.4. The summed E-state index contributed by atoms with van der Waals surface area (Å²) in [5.41, 5.74) is 8.43. The first kappa shape index (κ1) is 26.8. The van der Waals surface area contributed by atoms with E-state index in [1.165, 1.54) is 0 Å². The van der Waals surface area contributed by atoms with E-state index in [1.807, 2.05) is 91.0 Å². The second kappa shape index (κ2) is 10.5. The first-order chi connectivity index (χ1) is 23.1. The fourth-order valence-corrected chi connectivity index (χ4v) is 6.55. The lowest BCUT2D eigenvalue weighted by molar-refractivity contribution is 0.669. The van der Waals surface area contributed by atoms with Crippen LogP contribution in [0.15, 0.2) is 138 Å². The van der Waals surface area contributed by atoms with Crippen LogP contribution >= 0.6 is 0 Å². The van der Waals surface area contributed by atoms with Gasteiger partial charge in [0.25, 0.3) is 0 Å². The van der Waals surface area contributed by atoms with Crippen LogP contribution in [-0.2, 0) is 0 Å². The van der Waals surface area contributed by atoms with Crippen molar-refractivity contribution in [3.05, 3.63) is 145 Å². The molecular formula is C41H25N5O. The van der Waals surface area contributed by atoms with Crippen LogP contribution in [-0.4, -0.2) is 26.4 Å². The van der Waals surface area contributed by atoms with Gasteiger partial charge in [0.15, 0.2) is 17.5 Å². The SMILES string of the molecule is N=C1C=Cc2ccc3cc(-c4nc(-c5ccccc5-c5ccccc5)nc(-c5cccc6oc7ccccc7c56)n4)ccc3c2C1=N. The van der Waals surface area contributed by atoms with Crippen LogP contribution in [0.4, 0.5) is 0 Å². The second-order valence-electron chi connectivity index (χ2n) is 11.6. The average molecular weight is 604 g/mol. The number of furan rings is 1. The fraction of sp³-hybridized carbons (Fsp3) is 0. The Bertz CT molecular complexity index is 2620. The highest BCUT2D eigenvalue weighted by molar-refractivity contribution is 6.53. The summed E-state index contributed by atoms with van der Waals surface area (Å²) >= 11 is 0. The van der Waals surface area contributed by atoms with E-state index in [0.29, 0.717) is 17.5 Å². The fourth-order valence-electron chi connectivity index (χ4n) is 6.55. The van der Waals surface area contributed by atoms with Gasteiger partial charge in [-0.3, -0.25) is 10.8 Å². The van der Waals surface area contributed by atoms with Gasteiger partial charge in [-0.1, -0.05) is 115 Å². The Labute approximate surface area is 269 Å². The molecule has 1 aliphatic rings. The Balaban J connectivity index is 1.30. The highest BCUT2D eigenvalue weighted by atomic mass is 16.3. The number of hydrogen-bond donors (Lipinski definition) is 2. The molecule has 0 bridgehead atoms. The van der Waals surface area contributed by atoms with Crippen LogP contribution < -0.4 is 0 Å². The summed E-state index contributed by atoms with van der Waals surface area (Å²) < 4.78 is 6.22. The van der Waals surface area contributed by atoms with Crippen molar-refractivity contribution in [2.24, 2.45) is 0 Å². The largest absolute Gasteiger partial charge is 0.456 e. The molecule has 6 nitrogen and oxygen atoms in total. The van der Waals surface area contributed by atoms with Crippen LogP contribution in [0.1, 0.15) is 11.1 Å². The molecule has 0 atom stereocenters. The number of para-hydroxylation sites is 1. The van der Waals surface area contributed by atoms with Gasteiger partial charge >= 0.3 is 0 Å². The van der Waals surface area contributed by atoms with Crippen molar-refractivity contribution in [3.63, 3.8) is 0 Å². The van der Waals surface area contributed by atoms with Gasteiger partial charge in [0, 0.05) is 33.0 Å². The van der Waals surface area contributed by atoms with Gasteiger partial charge in [-0.2, -0.15) is 0 Å². The number of aromatic nitrogens is 3. The van der Waals surface area contributed by atoms with Crippen LogP contribution in [0.25, 0.3) is 84.1 Å². The summed E-state index contributed by atoms with van der Waals surface area (Å²) in [6, 6.07) is 42.6. The molecule has 2 aromatic heterocycles. The lowest BCUT2D eigenvalue weighted by Gasteiger charge is -2.16. The molecule has 47 heavy (non-hydrogen) atoms. The summed E-state index contributed by atoms with van der Waals surface area (Å²) in [6.45, 7) is 0. The summed E-state index contributed by atoms with van der Waals surface area (Å²) in [6.07, 6.45) is 3.58. The molecule has 220 valence electrons. The number of benzene rings is 6. The summed E-state index contributed by atoms with van der Waals surface area (Å²) in [4.78, 5) is 15.3. The number of rotatable bonds is 4. The lowest BCUT2D eigenvalue weighted by Crippen LogP contribution is -2.16. The molecule has 0 saturated carbocycles. The average Bonchev–Trinajstić information content (AvgIpc) is 3.52. The van der Waals surface area contributed by atoms with E-state index in [1.54, 1.807) is 6.08 Å². The van der Waals surface area contributed by atoms with Crippen molar-refractivity contribution < 1.29 is 4.42 Å². The Kier molecular flexibility index (Phi) is 6.01. The standard InChI is InChI=1S/C41H25N5O/c42-33-22-20-25-17-18-26-23-27(19-21-29(26)36(25)38(33)43)39-44-40(30-12-5-4-11-28(30)24-9-2-1-3-10-24)46-41(45-39)32-14-8-16-35-37(32)31-13-6-7-15-34(31)47-35/h1-23,42-43H. The molecule has 0 fully saturated rings. The predicted molar refractivity (Wildman–Crippen MR) is 190 cm³/mol. The minimum atomic E-state index is 0.207. The zero-order valence-corrected chi connectivity index (χ0v) is 25.0. The third-order valence-corrected chi connectivity index (χ3v) is 8.79. The van der Waals surface area contributed by atoms with Crippen LogP contribution in [0.5, 0.6) is 0 Å². The summed E-state index contributed by atoms with van der Waals surface area (Å²) in [5, 5.41) is 20.7. The van der Waals surface area contributed by atoms with E-state index >= 15 is 0 Å². The van der Waals surface area contributed by atoms with Gasteiger partial charge in [-0.25, -0.2) is 15.0 Å². The predicted octanol–water partition coefficient (Wildman–Crippen LogP) is 10.0. The molecule has 9 rings (SSSR count). The molecular weight excluding hydrogens is 578 g/mol.